The Morgan fingerprint density at radius 2 is 1.93 bits per heavy atom. The van der Waals surface area contributed by atoms with Crippen molar-refractivity contribution in [2.45, 2.75) is 6.92 Å². The number of carbonyl (C=O) groups is 2. The van der Waals surface area contributed by atoms with Gasteiger partial charge < -0.3 is 21.1 Å². The molecule has 3 aromatic rings. The van der Waals surface area contributed by atoms with Crippen LogP contribution in [-0.4, -0.2) is 21.8 Å². The van der Waals surface area contributed by atoms with Crippen molar-refractivity contribution in [1.82, 2.24) is 9.97 Å². The molecular weight excluding hydrogens is 382 g/mol. The molecule has 0 fully saturated rings. The topological polar surface area (TPSA) is 119 Å². The van der Waals surface area contributed by atoms with E-state index in [0.29, 0.717) is 33.8 Å². The number of primary amides is 1. The van der Waals surface area contributed by atoms with Crippen LogP contribution >= 0.6 is 11.6 Å². The fraction of sp³-hybridized carbons (Fsp3) is 0.0526. The van der Waals surface area contributed by atoms with Crippen molar-refractivity contribution in [2.24, 2.45) is 5.73 Å². The third-order valence-corrected chi connectivity index (χ3v) is 3.83. The van der Waals surface area contributed by atoms with Gasteiger partial charge in [-0.05, 0) is 36.4 Å². The van der Waals surface area contributed by atoms with Crippen LogP contribution < -0.4 is 21.1 Å². The Labute approximate surface area is 165 Å². The number of rotatable bonds is 6. The molecule has 1 aromatic carbocycles. The lowest BCUT2D eigenvalue weighted by molar-refractivity contribution is -0.114. The largest absolute Gasteiger partial charge is 0.456 e. The molecule has 0 atom stereocenters. The number of anilines is 3. The number of nitrogens with two attached hydrogens (primary N) is 1. The third-order valence-electron chi connectivity index (χ3n) is 3.53. The first kappa shape index (κ1) is 19.1. The van der Waals surface area contributed by atoms with Crippen molar-refractivity contribution in [3.63, 3.8) is 0 Å². The number of nitrogens with one attached hydrogen (secondary N) is 2. The summed E-state index contributed by atoms with van der Waals surface area (Å²) in [5, 5.41) is 5.92. The van der Waals surface area contributed by atoms with Gasteiger partial charge in [-0.25, -0.2) is 9.97 Å². The Morgan fingerprint density at radius 1 is 1.11 bits per heavy atom. The van der Waals surface area contributed by atoms with Crippen molar-refractivity contribution in [3.8, 4) is 11.5 Å². The minimum absolute atomic E-state index is 0.233. The van der Waals surface area contributed by atoms with Crippen LogP contribution in [-0.2, 0) is 4.79 Å². The second-order valence-electron chi connectivity index (χ2n) is 5.69. The van der Waals surface area contributed by atoms with Crippen LogP contribution in [0.1, 0.15) is 17.3 Å². The number of amides is 2. The van der Waals surface area contributed by atoms with Gasteiger partial charge in [0.2, 0.25) is 5.91 Å². The molecule has 0 saturated carbocycles. The second kappa shape index (κ2) is 8.36. The molecule has 2 aromatic heterocycles. The number of ether oxygens (including phenoxy) is 1. The Hall–Kier alpha value is -3.65. The lowest BCUT2D eigenvalue weighted by atomic mass is 10.2. The highest BCUT2D eigenvalue weighted by Gasteiger charge is 2.11. The van der Waals surface area contributed by atoms with Crippen LogP contribution in [0.5, 0.6) is 11.5 Å². The molecule has 0 bridgehead atoms. The van der Waals surface area contributed by atoms with Crippen LogP contribution in [0.15, 0.2) is 54.9 Å². The standard InChI is InChI=1S/C19H16ClN5O3/c1-11(26)24-17-10-13(6-8-22-17)28-16-5-4-12(9-15(16)20)25-19-14(18(21)27)3-2-7-23-19/h2-10H,1H3,(H2,21,27)(H,23,25)(H,22,24,26). The van der Waals surface area contributed by atoms with E-state index in [0.717, 1.165) is 0 Å². The van der Waals surface area contributed by atoms with Crippen molar-refractivity contribution >= 4 is 40.7 Å². The normalized spacial score (nSPS) is 10.2. The van der Waals surface area contributed by atoms with Crippen LogP contribution in [0, 0.1) is 0 Å². The summed E-state index contributed by atoms with van der Waals surface area (Å²) in [6, 6.07) is 11.4. The van der Waals surface area contributed by atoms with Crippen molar-refractivity contribution < 1.29 is 14.3 Å². The second-order valence-corrected chi connectivity index (χ2v) is 6.10. The van der Waals surface area contributed by atoms with Gasteiger partial charge in [-0.3, -0.25) is 9.59 Å². The maximum Gasteiger partial charge on any atom is 0.252 e. The van der Waals surface area contributed by atoms with Gasteiger partial charge in [0.15, 0.2) is 0 Å². The quantitative estimate of drug-likeness (QED) is 0.583. The summed E-state index contributed by atoms with van der Waals surface area (Å²) in [6.45, 7) is 1.39. The maximum absolute atomic E-state index is 11.5. The molecule has 0 unspecified atom stereocenters. The predicted octanol–water partition coefficient (Wildman–Crippen LogP) is 3.72. The molecule has 28 heavy (non-hydrogen) atoms. The number of pyridine rings is 2. The van der Waals surface area contributed by atoms with Crippen LogP contribution in [0.3, 0.4) is 0 Å². The van der Waals surface area contributed by atoms with E-state index >= 15 is 0 Å². The smallest absolute Gasteiger partial charge is 0.252 e. The first-order valence-electron chi connectivity index (χ1n) is 8.15. The van der Waals surface area contributed by atoms with E-state index in [2.05, 4.69) is 20.6 Å². The van der Waals surface area contributed by atoms with E-state index in [1.165, 1.54) is 13.1 Å². The zero-order valence-corrected chi connectivity index (χ0v) is 15.5. The van der Waals surface area contributed by atoms with Gasteiger partial charge in [-0.15, -0.1) is 0 Å². The van der Waals surface area contributed by atoms with Gasteiger partial charge >= 0.3 is 0 Å². The predicted molar refractivity (Wildman–Crippen MR) is 106 cm³/mol. The summed E-state index contributed by atoms with van der Waals surface area (Å²) in [6.07, 6.45) is 3.06. The molecule has 8 nitrogen and oxygen atoms in total. The van der Waals surface area contributed by atoms with Gasteiger partial charge in [0.1, 0.15) is 23.1 Å². The van der Waals surface area contributed by atoms with E-state index in [1.54, 1.807) is 48.7 Å². The molecule has 0 aliphatic heterocycles. The number of hydrogen-bond donors (Lipinski definition) is 3. The molecule has 2 heterocycles. The van der Waals surface area contributed by atoms with Crippen molar-refractivity contribution in [1.29, 1.82) is 0 Å². The van der Waals surface area contributed by atoms with Crippen molar-refractivity contribution in [3.05, 3.63) is 65.4 Å². The maximum atomic E-state index is 11.5. The molecule has 142 valence electrons. The number of carbonyl (C=O) groups excluding carboxylic acids is 2. The third kappa shape index (κ3) is 4.74. The molecule has 2 amide bonds. The fourth-order valence-corrected chi connectivity index (χ4v) is 2.57. The average molecular weight is 398 g/mol. The van der Waals surface area contributed by atoms with Gasteiger partial charge in [0.05, 0.1) is 10.6 Å². The van der Waals surface area contributed by atoms with E-state index < -0.39 is 5.91 Å². The number of aromatic nitrogens is 2. The number of hydrogen-bond acceptors (Lipinski definition) is 6. The summed E-state index contributed by atoms with van der Waals surface area (Å²) in [5.74, 6) is 0.741. The molecule has 9 heteroatoms. The number of halogens is 1. The fourth-order valence-electron chi connectivity index (χ4n) is 2.35. The van der Waals surface area contributed by atoms with Crippen LogP contribution in [0.25, 0.3) is 0 Å². The van der Waals surface area contributed by atoms with Gasteiger partial charge in [0, 0.05) is 31.1 Å². The average Bonchev–Trinajstić information content (AvgIpc) is 2.64. The van der Waals surface area contributed by atoms with E-state index in [9.17, 15) is 9.59 Å². The van der Waals surface area contributed by atoms with Crippen molar-refractivity contribution in [2.75, 3.05) is 10.6 Å². The van der Waals surface area contributed by atoms with E-state index in [4.69, 9.17) is 22.1 Å². The van der Waals surface area contributed by atoms with Crippen LogP contribution in [0.4, 0.5) is 17.3 Å². The molecule has 0 saturated heterocycles. The molecule has 0 aliphatic carbocycles. The van der Waals surface area contributed by atoms with E-state index in [-0.39, 0.29) is 11.5 Å². The number of benzene rings is 1. The molecule has 0 spiro atoms. The lowest BCUT2D eigenvalue weighted by Crippen LogP contribution is -2.14. The van der Waals surface area contributed by atoms with E-state index in [1.807, 2.05) is 0 Å². The Kier molecular flexibility index (Phi) is 5.71. The van der Waals surface area contributed by atoms with Crippen LogP contribution in [0.2, 0.25) is 5.02 Å². The SMILES string of the molecule is CC(=O)Nc1cc(Oc2ccc(Nc3ncccc3C(N)=O)cc2Cl)ccn1. The minimum atomic E-state index is -0.589. The van der Waals surface area contributed by atoms with Gasteiger partial charge in [-0.2, -0.15) is 0 Å². The molecule has 4 N–H and O–H groups in total. The Balaban J connectivity index is 1.78. The zero-order chi connectivity index (χ0) is 20.1. The summed E-state index contributed by atoms with van der Waals surface area (Å²) in [5.41, 5.74) is 6.22. The molecule has 3 rings (SSSR count). The first-order chi connectivity index (χ1) is 13.4. The van der Waals surface area contributed by atoms with Gasteiger partial charge in [-0.1, -0.05) is 11.6 Å². The van der Waals surface area contributed by atoms with Gasteiger partial charge in [0.25, 0.3) is 5.91 Å². The zero-order valence-electron chi connectivity index (χ0n) is 14.8. The lowest BCUT2D eigenvalue weighted by Gasteiger charge is -2.12. The highest BCUT2D eigenvalue weighted by molar-refractivity contribution is 6.32. The summed E-state index contributed by atoms with van der Waals surface area (Å²) in [7, 11) is 0. The highest BCUT2D eigenvalue weighted by atomic mass is 35.5. The Bertz CT molecular complexity index is 1040. The molecular formula is C19H16ClN5O3. The number of nitrogens with zero attached hydrogens (tertiary/aromatic N) is 2. The monoisotopic (exact) mass is 397 g/mol. The summed E-state index contributed by atoms with van der Waals surface area (Å²) < 4.78 is 5.76. The molecule has 0 aliphatic rings. The summed E-state index contributed by atoms with van der Waals surface area (Å²) >= 11 is 6.31. The first-order valence-corrected chi connectivity index (χ1v) is 8.53. The summed E-state index contributed by atoms with van der Waals surface area (Å²) in [4.78, 5) is 30.8. The molecule has 0 radical (unpaired) electrons. The highest BCUT2D eigenvalue weighted by Crippen LogP contribution is 2.33. The minimum Gasteiger partial charge on any atom is -0.456 e. The Morgan fingerprint density at radius 3 is 2.64 bits per heavy atom.